The Morgan fingerprint density at radius 3 is 2.59 bits per heavy atom. The van der Waals surface area contributed by atoms with Gasteiger partial charge in [-0.25, -0.2) is 9.38 Å². The molecule has 1 N–H and O–H groups in total. The zero-order valence-electron chi connectivity index (χ0n) is 16.4. The van der Waals surface area contributed by atoms with E-state index in [0.717, 1.165) is 20.1 Å². The highest BCUT2D eigenvalue weighted by molar-refractivity contribution is 6.11. The molecule has 0 saturated carbocycles. The fourth-order valence-corrected chi connectivity index (χ4v) is 2.76. The summed E-state index contributed by atoms with van der Waals surface area (Å²) in [6.45, 7) is 0.752. The predicted octanol–water partition coefficient (Wildman–Crippen LogP) is 3.51. The summed E-state index contributed by atoms with van der Waals surface area (Å²) in [5, 5.41) is 15.9. The van der Waals surface area contributed by atoms with Gasteiger partial charge in [0, 0.05) is 11.6 Å². The van der Waals surface area contributed by atoms with Crippen molar-refractivity contribution < 1.29 is 46.2 Å². The third-order valence-electron chi connectivity index (χ3n) is 4.21. The molecule has 2 heterocycles. The number of alkyl halides is 3. The number of hydroxylamine groups is 1. The smallest absolute Gasteiger partial charge is 0.435 e. The first-order valence-corrected chi connectivity index (χ1v) is 8.76. The molecule has 0 bridgehead atoms. The minimum atomic E-state index is -4.95. The van der Waals surface area contributed by atoms with Crippen molar-refractivity contribution in [2.45, 2.75) is 13.1 Å². The van der Waals surface area contributed by atoms with E-state index >= 15 is 0 Å². The van der Waals surface area contributed by atoms with E-state index in [0.29, 0.717) is 10.8 Å². The maximum absolute atomic E-state index is 14.0. The van der Waals surface area contributed by atoms with Crippen molar-refractivity contribution in [2.24, 2.45) is 4.99 Å². The second-order valence-electron chi connectivity index (χ2n) is 6.36. The van der Waals surface area contributed by atoms with Crippen molar-refractivity contribution >= 4 is 17.8 Å². The summed E-state index contributed by atoms with van der Waals surface area (Å²) in [5.41, 5.74) is -2.78. The molecule has 0 unspecified atom stereocenters. The van der Waals surface area contributed by atoms with Gasteiger partial charge >= 0.3 is 6.18 Å². The quantitative estimate of drug-likeness (QED) is 0.429. The molecule has 8 nitrogen and oxygen atoms in total. The summed E-state index contributed by atoms with van der Waals surface area (Å²) in [6, 6.07) is 1.63. The number of halogens is 5. The summed E-state index contributed by atoms with van der Waals surface area (Å²) >= 11 is 0. The third-order valence-corrected chi connectivity index (χ3v) is 4.21. The van der Waals surface area contributed by atoms with Gasteiger partial charge in [0.1, 0.15) is 11.3 Å². The molecule has 0 atom stereocenters. The van der Waals surface area contributed by atoms with Crippen LogP contribution in [0, 0.1) is 18.6 Å². The molecule has 1 amide bonds. The van der Waals surface area contributed by atoms with E-state index in [1.165, 1.54) is 18.4 Å². The van der Waals surface area contributed by atoms with Crippen LogP contribution in [-0.4, -0.2) is 51.6 Å². The Bertz CT molecular complexity index is 1180. The molecule has 3 rings (SSSR count). The Kier molecular flexibility index (Phi) is 6.18. The van der Waals surface area contributed by atoms with Gasteiger partial charge < -0.3 is 9.47 Å². The van der Waals surface area contributed by atoms with Crippen LogP contribution >= 0.6 is 0 Å². The second-order valence-corrected chi connectivity index (χ2v) is 6.36. The van der Waals surface area contributed by atoms with Gasteiger partial charge in [-0.05, 0) is 29.9 Å². The number of carbonyl (C=O) groups is 1. The number of carbonyl (C=O) groups excluding carboxylic acids is 1. The molecule has 13 heteroatoms. The number of nitrogens with zero attached hydrogens (tertiary/aromatic N) is 4. The summed E-state index contributed by atoms with van der Waals surface area (Å²) in [7, 11) is 1.01. The van der Waals surface area contributed by atoms with Crippen molar-refractivity contribution in [1.29, 1.82) is 0 Å². The molecule has 32 heavy (non-hydrogen) atoms. The van der Waals surface area contributed by atoms with Gasteiger partial charge in [-0.2, -0.15) is 17.6 Å². The van der Waals surface area contributed by atoms with E-state index < -0.39 is 57.9 Å². The number of methoxy groups -OCH3 is 1. The van der Waals surface area contributed by atoms with E-state index in [-0.39, 0.29) is 12.3 Å². The van der Waals surface area contributed by atoms with Crippen LogP contribution in [-0.2, 0) is 6.18 Å². The van der Waals surface area contributed by atoms with E-state index in [9.17, 15) is 32.0 Å². The molecule has 1 aromatic heterocycles. The van der Waals surface area contributed by atoms with E-state index in [1.54, 1.807) is 0 Å². The number of ether oxygens (including phenoxy) is 2. The Labute approximate surface area is 176 Å². The maximum Gasteiger partial charge on any atom is 0.435 e. The second kappa shape index (κ2) is 8.69. The van der Waals surface area contributed by atoms with Crippen LogP contribution in [0.2, 0.25) is 0 Å². The lowest BCUT2D eigenvalue weighted by atomic mass is 10.1. The van der Waals surface area contributed by atoms with Crippen LogP contribution in [0.5, 0.6) is 17.4 Å². The summed E-state index contributed by atoms with van der Waals surface area (Å²) in [5.74, 6) is -5.76. The molecular weight excluding hydrogens is 443 g/mol. The van der Waals surface area contributed by atoms with Gasteiger partial charge in [-0.3, -0.25) is 10.0 Å². The van der Waals surface area contributed by atoms with Gasteiger partial charge in [0.2, 0.25) is 24.3 Å². The van der Waals surface area contributed by atoms with E-state index in [2.05, 4.69) is 15.2 Å². The Morgan fingerprint density at radius 1 is 1.25 bits per heavy atom. The topological polar surface area (TPSA) is 96.9 Å². The van der Waals surface area contributed by atoms with Crippen molar-refractivity contribution in [3.63, 3.8) is 0 Å². The van der Waals surface area contributed by atoms with Crippen molar-refractivity contribution in [3.8, 4) is 17.4 Å². The minimum Gasteiger partial charge on any atom is -0.490 e. The third kappa shape index (κ3) is 4.55. The number of hydrogen-bond donors (Lipinski definition) is 1. The number of allylic oxidation sites excluding steroid dienone is 1. The lowest BCUT2D eigenvalue weighted by Gasteiger charge is -2.15. The lowest BCUT2D eigenvalue weighted by molar-refractivity contribution is -0.761. The average Bonchev–Trinajstić information content (AvgIpc) is 2.70. The predicted molar refractivity (Wildman–Crippen MR) is 98.6 cm³/mol. The van der Waals surface area contributed by atoms with Crippen LogP contribution in [0.3, 0.4) is 0 Å². The number of aromatic nitrogens is 2. The number of hydrogen-bond acceptors (Lipinski definition) is 6. The molecule has 1 aromatic carbocycles. The van der Waals surface area contributed by atoms with Gasteiger partial charge in [0.15, 0.2) is 17.3 Å². The first kappa shape index (κ1) is 22.8. The molecule has 0 saturated heterocycles. The molecule has 1 aliphatic heterocycles. The Hall–Kier alpha value is -3.90. The average molecular weight is 457 g/mol. The Balaban J connectivity index is 2.13. The van der Waals surface area contributed by atoms with Crippen LogP contribution in [0.25, 0.3) is 0 Å². The van der Waals surface area contributed by atoms with Gasteiger partial charge in [-0.15, -0.1) is 10.2 Å². The zero-order valence-corrected chi connectivity index (χ0v) is 16.4. The molecular formula is C19H14F5N4O4+. The molecule has 1 aliphatic rings. The highest BCUT2D eigenvalue weighted by Gasteiger charge is 2.38. The van der Waals surface area contributed by atoms with Crippen LogP contribution in [0.1, 0.15) is 21.6 Å². The van der Waals surface area contributed by atoms with Crippen LogP contribution in [0.4, 0.5) is 22.0 Å². The molecule has 0 radical (unpaired) electrons. The standard InChI is InChI=1S/C19H14F5N4O4/c1-9-13(17(29)25-10-4-3-7-28(30)8-10)18(27-26-16(9)19(22,23)24)32-12-6-5-11(20)14(21)15(12)31-2/h3-7,30H,8H2,1-2H3/q+1. The highest BCUT2D eigenvalue weighted by atomic mass is 19.4. The molecule has 0 fully saturated rings. The van der Waals surface area contributed by atoms with Gasteiger partial charge in [0.05, 0.1) is 7.11 Å². The normalized spacial score (nSPS) is 15.0. The molecule has 2 aromatic rings. The first-order chi connectivity index (χ1) is 15.0. The summed E-state index contributed by atoms with van der Waals surface area (Å²) < 4.78 is 78.1. The largest absolute Gasteiger partial charge is 0.490 e. The van der Waals surface area contributed by atoms with E-state index in [1.807, 2.05) is 0 Å². The minimum absolute atomic E-state index is 0.0288. The number of aliphatic imine (C=N–C) groups is 1. The first-order valence-electron chi connectivity index (χ1n) is 8.76. The van der Waals surface area contributed by atoms with E-state index in [4.69, 9.17) is 9.47 Å². The Morgan fingerprint density at radius 2 is 1.97 bits per heavy atom. The molecule has 168 valence electrons. The molecule has 0 spiro atoms. The van der Waals surface area contributed by atoms with Crippen molar-refractivity contribution in [3.05, 3.63) is 52.7 Å². The zero-order chi connectivity index (χ0) is 23.6. The number of benzene rings is 1. The van der Waals surface area contributed by atoms with Gasteiger partial charge in [-0.1, -0.05) is 0 Å². The SMILES string of the molecule is COc1c(Oc2nnc(C(F)(F)F)c(C)c2C(=O)N=C2C=CC=[N+](O)C2)ccc(F)c1F. The van der Waals surface area contributed by atoms with Gasteiger partial charge in [0.25, 0.3) is 11.8 Å². The summed E-state index contributed by atoms with van der Waals surface area (Å²) in [4.78, 5) is 16.5. The molecule has 0 aliphatic carbocycles. The monoisotopic (exact) mass is 457 g/mol. The van der Waals surface area contributed by atoms with Crippen molar-refractivity contribution in [1.82, 2.24) is 10.2 Å². The highest BCUT2D eigenvalue weighted by Crippen LogP contribution is 2.38. The van der Waals surface area contributed by atoms with Crippen molar-refractivity contribution in [2.75, 3.05) is 13.7 Å². The lowest BCUT2D eigenvalue weighted by Crippen LogP contribution is -2.22. The number of rotatable bonds is 4. The number of amides is 1. The van der Waals surface area contributed by atoms with Crippen LogP contribution in [0.15, 0.2) is 29.3 Å². The fourth-order valence-electron chi connectivity index (χ4n) is 2.76. The summed E-state index contributed by atoms with van der Waals surface area (Å²) in [6.07, 6.45) is -0.955. The maximum atomic E-state index is 14.0. The fraction of sp³-hybridized carbons (Fsp3) is 0.211. The van der Waals surface area contributed by atoms with Crippen LogP contribution < -0.4 is 9.47 Å².